The minimum Gasteiger partial charge on any atom is -0.310 e. The van der Waals surface area contributed by atoms with Crippen LogP contribution in [0, 0.1) is 12.3 Å². The molecular formula is C17H20N2. The zero-order chi connectivity index (χ0) is 13.5. The van der Waals surface area contributed by atoms with Crippen LogP contribution in [0.1, 0.15) is 37.8 Å². The van der Waals surface area contributed by atoms with Crippen LogP contribution in [0.2, 0.25) is 0 Å². The van der Waals surface area contributed by atoms with Gasteiger partial charge in [0.1, 0.15) is 0 Å². The number of aromatic nitrogens is 1. The quantitative estimate of drug-likeness (QED) is 0.793. The fraction of sp³-hybridized carbons (Fsp3) is 0.353. The van der Waals surface area contributed by atoms with Gasteiger partial charge in [-0.15, -0.1) is 12.3 Å². The first-order chi connectivity index (χ1) is 9.35. The van der Waals surface area contributed by atoms with E-state index < -0.39 is 0 Å². The lowest BCUT2D eigenvalue weighted by Gasteiger charge is -2.18. The fourth-order valence-corrected chi connectivity index (χ4v) is 2.24. The molecule has 0 fully saturated rings. The Morgan fingerprint density at radius 2 is 2.26 bits per heavy atom. The van der Waals surface area contributed by atoms with Crippen LogP contribution in [0.25, 0.3) is 10.9 Å². The number of hydrogen-bond acceptors (Lipinski definition) is 2. The molecule has 0 saturated heterocycles. The number of nitrogens with zero attached hydrogens (tertiary/aromatic N) is 1. The summed E-state index contributed by atoms with van der Waals surface area (Å²) in [7, 11) is 0. The molecule has 2 aromatic rings. The number of fused-ring (bicyclic) bond motifs is 1. The van der Waals surface area contributed by atoms with Crippen LogP contribution in [0.4, 0.5) is 0 Å². The summed E-state index contributed by atoms with van der Waals surface area (Å²) in [5.74, 6) is 2.73. The second-order valence-electron chi connectivity index (χ2n) is 4.71. The van der Waals surface area contributed by atoms with Gasteiger partial charge in [0.05, 0.1) is 5.52 Å². The van der Waals surface area contributed by atoms with Crippen molar-refractivity contribution in [2.45, 2.75) is 32.2 Å². The summed E-state index contributed by atoms with van der Waals surface area (Å²) in [4.78, 5) is 4.35. The second kappa shape index (κ2) is 6.92. The van der Waals surface area contributed by atoms with Gasteiger partial charge in [-0.25, -0.2) is 0 Å². The number of pyridine rings is 1. The molecule has 0 aliphatic heterocycles. The van der Waals surface area contributed by atoms with Gasteiger partial charge in [0.2, 0.25) is 0 Å². The Balaban J connectivity index is 2.24. The highest BCUT2D eigenvalue weighted by Gasteiger charge is 2.10. The lowest BCUT2D eigenvalue weighted by atomic mass is 10.00. The molecule has 0 radical (unpaired) electrons. The summed E-state index contributed by atoms with van der Waals surface area (Å²) in [5.41, 5.74) is 2.33. The van der Waals surface area contributed by atoms with Gasteiger partial charge in [-0.1, -0.05) is 19.1 Å². The average molecular weight is 252 g/mol. The highest BCUT2D eigenvalue weighted by molar-refractivity contribution is 5.79. The maximum atomic E-state index is 5.39. The van der Waals surface area contributed by atoms with Crippen molar-refractivity contribution in [3.63, 3.8) is 0 Å². The van der Waals surface area contributed by atoms with Crippen LogP contribution >= 0.6 is 0 Å². The molecule has 2 rings (SSSR count). The lowest BCUT2D eigenvalue weighted by Crippen LogP contribution is -2.22. The number of rotatable bonds is 6. The summed E-state index contributed by atoms with van der Waals surface area (Å²) in [5, 5.41) is 4.75. The first-order valence-corrected chi connectivity index (χ1v) is 6.86. The second-order valence-corrected chi connectivity index (χ2v) is 4.71. The van der Waals surface area contributed by atoms with Crippen LogP contribution in [0.5, 0.6) is 0 Å². The molecule has 0 amide bonds. The van der Waals surface area contributed by atoms with Crippen molar-refractivity contribution in [1.29, 1.82) is 0 Å². The van der Waals surface area contributed by atoms with E-state index in [-0.39, 0.29) is 0 Å². The molecular weight excluding hydrogens is 232 g/mol. The number of benzene rings is 1. The van der Waals surface area contributed by atoms with Gasteiger partial charge in [0.15, 0.2) is 0 Å². The van der Waals surface area contributed by atoms with E-state index in [9.17, 15) is 0 Å². The molecule has 98 valence electrons. The van der Waals surface area contributed by atoms with E-state index in [0.29, 0.717) is 6.04 Å². The standard InChI is InChI=1S/C17H20N2/c1-3-5-8-16(18-11-4-2)15-9-10-17-14(13-15)7-6-12-19-17/h1,6-7,9-10,12-13,16,18H,4-5,8,11H2,2H3. The minimum atomic E-state index is 0.334. The minimum absolute atomic E-state index is 0.334. The van der Waals surface area contributed by atoms with Gasteiger partial charge in [0, 0.05) is 24.0 Å². The Labute approximate surface area is 115 Å². The predicted octanol–water partition coefficient (Wildman–Crippen LogP) is 3.69. The summed E-state index contributed by atoms with van der Waals surface area (Å²) < 4.78 is 0. The van der Waals surface area contributed by atoms with Crippen molar-refractivity contribution in [3.05, 3.63) is 42.1 Å². The van der Waals surface area contributed by atoms with E-state index in [1.165, 1.54) is 10.9 Å². The van der Waals surface area contributed by atoms with Crippen molar-refractivity contribution in [1.82, 2.24) is 10.3 Å². The zero-order valence-electron chi connectivity index (χ0n) is 11.4. The van der Waals surface area contributed by atoms with E-state index in [1.807, 2.05) is 12.3 Å². The summed E-state index contributed by atoms with van der Waals surface area (Å²) >= 11 is 0. The summed E-state index contributed by atoms with van der Waals surface area (Å²) in [6.45, 7) is 3.19. The third-order valence-corrected chi connectivity index (χ3v) is 3.25. The molecule has 0 bridgehead atoms. The molecule has 0 spiro atoms. The molecule has 1 heterocycles. The van der Waals surface area contributed by atoms with Gasteiger partial charge < -0.3 is 5.32 Å². The molecule has 1 aromatic heterocycles. The molecule has 1 unspecified atom stereocenters. The number of terminal acetylenes is 1. The third-order valence-electron chi connectivity index (χ3n) is 3.25. The topological polar surface area (TPSA) is 24.9 Å². The van der Waals surface area contributed by atoms with Crippen molar-refractivity contribution in [3.8, 4) is 12.3 Å². The molecule has 0 aliphatic rings. The Bertz CT molecular complexity index is 569. The third kappa shape index (κ3) is 3.56. The van der Waals surface area contributed by atoms with E-state index in [4.69, 9.17) is 6.42 Å². The van der Waals surface area contributed by atoms with E-state index in [1.54, 1.807) is 0 Å². The zero-order valence-corrected chi connectivity index (χ0v) is 11.4. The first-order valence-electron chi connectivity index (χ1n) is 6.86. The Hall–Kier alpha value is -1.85. The summed E-state index contributed by atoms with van der Waals surface area (Å²) in [6.07, 6.45) is 10.1. The van der Waals surface area contributed by atoms with Gasteiger partial charge in [-0.05, 0) is 43.1 Å². The van der Waals surface area contributed by atoms with E-state index >= 15 is 0 Å². The Kier molecular flexibility index (Phi) is 4.94. The molecule has 19 heavy (non-hydrogen) atoms. The van der Waals surface area contributed by atoms with Crippen molar-refractivity contribution in [2.75, 3.05) is 6.54 Å². The van der Waals surface area contributed by atoms with Crippen molar-refractivity contribution < 1.29 is 0 Å². The van der Waals surface area contributed by atoms with Gasteiger partial charge >= 0.3 is 0 Å². The monoisotopic (exact) mass is 252 g/mol. The number of nitrogens with one attached hydrogen (secondary N) is 1. The van der Waals surface area contributed by atoms with Crippen LogP contribution in [-0.4, -0.2) is 11.5 Å². The van der Waals surface area contributed by atoms with Gasteiger partial charge in [-0.3, -0.25) is 4.98 Å². The Morgan fingerprint density at radius 3 is 3.05 bits per heavy atom. The SMILES string of the molecule is C#CCCC(NCCC)c1ccc2ncccc2c1. The van der Waals surface area contributed by atoms with E-state index in [2.05, 4.69) is 47.4 Å². The van der Waals surface area contributed by atoms with E-state index in [0.717, 1.165) is 31.3 Å². The lowest BCUT2D eigenvalue weighted by molar-refractivity contribution is 0.506. The Morgan fingerprint density at radius 1 is 1.37 bits per heavy atom. The van der Waals surface area contributed by atoms with Crippen LogP contribution in [0.15, 0.2) is 36.5 Å². The highest BCUT2D eigenvalue weighted by Crippen LogP contribution is 2.22. The first kappa shape index (κ1) is 13.6. The van der Waals surface area contributed by atoms with Crippen LogP contribution in [0.3, 0.4) is 0 Å². The highest BCUT2D eigenvalue weighted by atomic mass is 14.9. The molecule has 0 aliphatic carbocycles. The predicted molar refractivity (Wildman–Crippen MR) is 80.8 cm³/mol. The van der Waals surface area contributed by atoms with Gasteiger partial charge in [0.25, 0.3) is 0 Å². The molecule has 1 atom stereocenters. The molecule has 2 heteroatoms. The molecule has 1 aromatic carbocycles. The van der Waals surface area contributed by atoms with Crippen molar-refractivity contribution in [2.24, 2.45) is 0 Å². The molecule has 2 nitrogen and oxygen atoms in total. The summed E-state index contributed by atoms with van der Waals surface area (Å²) in [6, 6.07) is 10.9. The fourth-order valence-electron chi connectivity index (χ4n) is 2.24. The van der Waals surface area contributed by atoms with Crippen LogP contribution in [-0.2, 0) is 0 Å². The smallest absolute Gasteiger partial charge is 0.0702 e. The molecule has 1 N–H and O–H groups in total. The maximum Gasteiger partial charge on any atom is 0.0702 e. The number of hydrogen-bond donors (Lipinski definition) is 1. The maximum absolute atomic E-state index is 5.39. The largest absolute Gasteiger partial charge is 0.310 e. The van der Waals surface area contributed by atoms with Gasteiger partial charge in [-0.2, -0.15) is 0 Å². The molecule has 0 saturated carbocycles. The average Bonchev–Trinajstić information content (AvgIpc) is 2.47. The normalized spacial score (nSPS) is 12.2. The van der Waals surface area contributed by atoms with Crippen LogP contribution < -0.4 is 5.32 Å². The van der Waals surface area contributed by atoms with Crippen molar-refractivity contribution >= 4 is 10.9 Å².